The van der Waals surface area contributed by atoms with Crippen LogP contribution >= 0.6 is 0 Å². The van der Waals surface area contributed by atoms with Crippen LogP contribution in [0.25, 0.3) is 55.2 Å². The van der Waals surface area contributed by atoms with Gasteiger partial charge >= 0.3 is 0 Å². The highest BCUT2D eigenvalue weighted by atomic mass is 14.7. The summed E-state index contributed by atoms with van der Waals surface area (Å²) in [6.45, 7) is 2.03. The van der Waals surface area contributed by atoms with Gasteiger partial charge in [-0.05, 0) is 76.0 Å². The van der Waals surface area contributed by atoms with Gasteiger partial charge in [0, 0.05) is 23.0 Å². The predicted octanol–water partition coefficient (Wildman–Crippen LogP) is 8.09. The lowest BCUT2D eigenvalue weighted by Gasteiger charge is -2.15. The van der Waals surface area contributed by atoms with Gasteiger partial charge in [0.15, 0.2) is 0 Å². The molecule has 0 N–H and O–H groups in total. The number of aryl methyl sites for hydroxylation is 1. The van der Waals surface area contributed by atoms with Crippen molar-refractivity contribution in [2.75, 3.05) is 0 Å². The Bertz CT molecular complexity index is 1620. The third-order valence-electron chi connectivity index (χ3n) is 6.26. The minimum atomic E-state index is 0.940. The molecule has 6 aromatic rings. The quantitative estimate of drug-likeness (QED) is 0.269. The van der Waals surface area contributed by atoms with E-state index in [1.807, 2.05) is 19.2 Å². The predicted molar refractivity (Wildman–Crippen MR) is 138 cm³/mol. The van der Waals surface area contributed by atoms with Crippen molar-refractivity contribution in [3.63, 3.8) is 0 Å². The van der Waals surface area contributed by atoms with Crippen molar-refractivity contribution in [3.05, 3.63) is 121 Å². The van der Waals surface area contributed by atoms with Crippen molar-refractivity contribution in [1.29, 1.82) is 0 Å². The Kier molecular flexibility index (Phi) is 4.70. The second-order valence-corrected chi connectivity index (χ2v) is 8.32. The van der Waals surface area contributed by atoms with E-state index in [-0.39, 0.29) is 0 Å². The molecule has 0 bridgehead atoms. The molecule has 4 aromatic carbocycles. The van der Waals surface area contributed by atoms with E-state index in [4.69, 9.17) is 4.98 Å². The summed E-state index contributed by atoms with van der Waals surface area (Å²) in [5.74, 6) is 0. The number of nitrogens with zero attached hydrogens (tertiary/aromatic N) is 2. The molecule has 0 aliphatic heterocycles. The molecular weight excluding hydrogens is 400 g/mol. The molecule has 0 spiro atoms. The second kappa shape index (κ2) is 7.99. The molecule has 0 aliphatic carbocycles. The van der Waals surface area contributed by atoms with E-state index in [2.05, 4.69) is 108 Å². The van der Waals surface area contributed by atoms with E-state index < -0.39 is 0 Å². The maximum absolute atomic E-state index is 5.15. The Balaban J connectivity index is 1.67. The van der Waals surface area contributed by atoms with Crippen LogP contribution in [0.4, 0.5) is 0 Å². The Labute approximate surface area is 193 Å². The first-order chi connectivity index (χ1) is 16.3. The molecule has 0 aliphatic rings. The van der Waals surface area contributed by atoms with Crippen LogP contribution in [0.1, 0.15) is 5.69 Å². The third kappa shape index (κ3) is 3.46. The van der Waals surface area contributed by atoms with Crippen molar-refractivity contribution < 1.29 is 0 Å². The van der Waals surface area contributed by atoms with E-state index in [1.54, 1.807) is 0 Å². The molecule has 33 heavy (non-hydrogen) atoms. The summed E-state index contributed by atoms with van der Waals surface area (Å²) in [6, 6.07) is 38.5. The summed E-state index contributed by atoms with van der Waals surface area (Å²) >= 11 is 0. The summed E-state index contributed by atoms with van der Waals surface area (Å²) in [7, 11) is 0. The second-order valence-electron chi connectivity index (χ2n) is 8.32. The summed E-state index contributed by atoms with van der Waals surface area (Å²) in [5.41, 5.74) is 7.48. The molecule has 2 nitrogen and oxygen atoms in total. The van der Waals surface area contributed by atoms with Gasteiger partial charge < -0.3 is 0 Å². The highest BCUT2D eigenvalue weighted by molar-refractivity contribution is 6.09. The highest BCUT2D eigenvalue weighted by Crippen LogP contribution is 2.39. The van der Waals surface area contributed by atoms with Gasteiger partial charge in [-0.15, -0.1) is 0 Å². The zero-order valence-electron chi connectivity index (χ0n) is 18.4. The van der Waals surface area contributed by atoms with Crippen molar-refractivity contribution in [2.45, 2.75) is 6.92 Å². The van der Waals surface area contributed by atoms with E-state index in [0.29, 0.717) is 0 Å². The first kappa shape index (κ1) is 19.4. The van der Waals surface area contributed by atoms with Crippen LogP contribution in [0.3, 0.4) is 0 Å². The number of rotatable bonds is 3. The molecule has 156 valence electrons. The molecule has 2 heteroatoms. The number of hydrogen-bond donors (Lipinski definition) is 0. The van der Waals surface area contributed by atoms with Gasteiger partial charge in [0.05, 0.1) is 11.4 Å². The Morgan fingerprint density at radius 1 is 0.545 bits per heavy atom. The van der Waals surface area contributed by atoms with Gasteiger partial charge in [0.2, 0.25) is 0 Å². The van der Waals surface area contributed by atoms with Gasteiger partial charge in [-0.1, -0.05) is 72.8 Å². The summed E-state index contributed by atoms with van der Waals surface area (Å²) in [6.07, 6.45) is 1.83. The number of hydrogen-bond acceptors (Lipinski definition) is 2. The van der Waals surface area contributed by atoms with Gasteiger partial charge in [-0.25, -0.2) is 4.98 Å². The van der Waals surface area contributed by atoms with E-state index in [1.165, 1.54) is 32.7 Å². The molecule has 0 radical (unpaired) electrons. The maximum atomic E-state index is 5.15. The SMILES string of the molecule is Cc1ncccc1-c1cccc(-c2c(-c3ccccc3)ccc3cc4ccccc4cc23)n1. The zero-order chi connectivity index (χ0) is 22.2. The van der Waals surface area contributed by atoms with Gasteiger partial charge in [-0.3, -0.25) is 4.98 Å². The first-order valence-corrected chi connectivity index (χ1v) is 11.2. The van der Waals surface area contributed by atoms with E-state index >= 15 is 0 Å². The largest absolute Gasteiger partial charge is 0.261 e. The van der Waals surface area contributed by atoms with E-state index in [0.717, 1.165) is 28.2 Å². The lowest BCUT2D eigenvalue weighted by Crippen LogP contribution is -1.94. The van der Waals surface area contributed by atoms with Crippen LogP contribution in [0.5, 0.6) is 0 Å². The summed E-state index contributed by atoms with van der Waals surface area (Å²) < 4.78 is 0. The molecule has 2 aromatic heterocycles. The minimum absolute atomic E-state index is 0.940. The summed E-state index contributed by atoms with van der Waals surface area (Å²) in [4.78, 5) is 9.62. The molecular formula is C31H22N2. The Morgan fingerprint density at radius 3 is 2.12 bits per heavy atom. The van der Waals surface area contributed by atoms with Crippen molar-refractivity contribution in [1.82, 2.24) is 9.97 Å². The molecule has 0 fully saturated rings. The van der Waals surface area contributed by atoms with Crippen LogP contribution < -0.4 is 0 Å². The highest BCUT2D eigenvalue weighted by Gasteiger charge is 2.15. The molecule has 2 heterocycles. The van der Waals surface area contributed by atoms with Crippen molar-refractivity contribution in [3.8, 4) is 33.6 Å². The van der Waals surface area contributed by atoms with Crippen LogP contribution in [-0.2, 0) is 0 Å². The number of fused-ring (bicyclic) bond motifs is 2. The number of aromatic nitrogens is 2. The Morgan fingerprint density at radius 2 is 1.30 bits per heavy atom. The van der Waals surface area contributed by atoms with Crippen LogP contribution in [0, 0.1) is 6.92 Å². The topological polar surface area (TPSA) is 25.8 Å². The van der Waals surface area contributed by atoms with E-state index in [9.17, 15) is 0 Å². The zero-order valence-corrected chi connectivity index (χ0v) is 18.4. The average molecular weight is 423 g/mol. The number of pyridine rings is 2. The lowest BCUT2D eigenvalue weighted by atomic mass is 9.90. The third-order valence-corrected chi connectivity index (χ3v) is 6.26. The van der Waals surface area contributed by atoms with Crippen LogP contribution in [0.15, 0.2) is 115 Å². The summed E-state index contributed by atoms with van der Waals surface area (Å²) in [5, 5.41) is 4.91. The van der Waals surface area contributed by atoms with Crippen molar-refractivity contribution in [2.24, 2.45) is 0 Å². The normalized spacial score (nSPS) is 11.2. The fourth-order valence-electron chi connectivity index (χ4n) is 4.63. The van der Waals surface area contributed by atoms with Crippen molar-refractivity contribution >= 4 is 21.5 Å². The Hall–Kier alpha value is -4.30. The average Bonchev–Trinajstić information content (AvgIpc) is 2.87. The fraction of sp³-hybridized carbons (Fsp3) is 0.0323. The van der Waals surface area contributed by atoms with Crippen LogP contribution in [-0.4, -0.2) is 9.97 Å². The molecule has 0 saturated heterocycles. The molecule has 0 saturated carbocycles. The molecule has 0 amide bonds. The lowest BCUT2D eigenvalue weighted by molar-refractivity contribution is 1.19. The smallest absolute Gasteiger partial charge is 0.0727 e. The minimum Gasteiger partial charge on any atom is -0.261 e. The molecule has 0 atom stereocenters. The first-order valence-electron chi connectivity index (χ1n) is 11.2. The monoisotopic (exact) mass is 422 g/mol. The molecule has 6 rings (SSSR count). The van der Waals surface area contributed by atoms with Gasteiger partial charge in [-0.2, -0.15) is 0 Å². The number of benzene rings is 4. The van der Waals surface area contributed by atoms with Gasteiger partial charge in [0.1, 0.15) is 0 Å². The maximum Gasteiger partial charge on any atom is 0.0727 e. The molecule has 0 unspecified atom stereocenters. The van der Waals surface area contributed by atoms with Gasteiger partial charge in [0.25, 0.3) is 0 Å². The standard InChI is InChI=1S/C31H22N2/c1-21-26(13-8-18-32-21)29-14-7-15-30(33-29)31-27(22-9-3-2-4-10-22)17-16-25-19-23-11-5-6-12-24(23)20-28(25)31/h2-20H,1H3. The fourth-order valence-corrected chi connectivity index (χ4v) is 4.63. The van der Waals surface area contributed by atoms with Crippen LogP contribution in [0.2, 0.25) is 0 Å².